The first-order valence-electron chi connectivity index (χ1n) is 9.64. The van der Waals surface area contributed by atoms with E-state index in [1.807, 2.05) is 48.7 Å². The topological polar surface area (TPSA) is 76.0 Å². The zero-order chi connectivity index (χ0) is 20.0. The first-order chi connectivity index (χ1) is 14.1. The standard InChI is InChI=1S/C22H20N4O2S/c1-13-7-9-14(10-8-13)24-22(28)15-12-23-26-20(18-6-3-11-29-18)19-16(25-21(15)26)4-2-5-17(19)27/h3,6-12,20,25H,2,4-5H2,1H3,(H,24,28)/t20-/m1/s1. The predicted octanol–water partition coefficient (Wildman–Crippen LogP) is 4.53. The maximum Gasteiger partial charge on any atom is 0.261 e. The van der Waals surface area contributed by atoms with Gasteiger partial charge in [-0.2, -0.15) is 5.10 Å². The monoisotopic (exact) mass is 404 g/mol. The molecule has 29 heavy (non-hydrogen) atoms. The summed E-state index contributed by atoms with van der Waals surface area (Å²) >= 11 is 1.60. The van der Waals surface area contributed by atoms with Gasteiger partial charge in [-0.15, -0.1) is 11.3 Å². The van der Waals surface area contributed by atoms with Gasteiger partial charge in [0.1, 0.15) is 17.4 Å². The molecule has 0 radical (unpaired) electrons. The van der Waals surface area contributed by atoms with Crippen molar-refractivity contribution in [2.45, 2.75) is 32.2 Å². The van der Waals surface area contributed by atoms with Crippen molar-refractivity contribution in [1.29, 1.82) is 0 Å². The smallest absolute Gasteiger partial charge is 0.261 e. The summed E-state index contributed by atoms with van der Waals surface area (Å²) in [6.45, 7) is 2.01. The van der Waals surface area contributed by atoms with Crippen LogP contribution in [0.2, 0.25) is 0 Å². The number of hydrogen-bond acceptors (Lipinski definition) is 5. The van der Waals surface area contributed by atoms with Gasteiger partial charge >= 0.3 is 0 Å². The van der Waals surface area contributed by atoms with E-state index in [4.69, 9.17) is 0 Å². The molecule has 0 saturated heterocycles. The molecule has 5 rings (SSSR count). The number of nitrogens with zero attached hydrogens (tertiary/aromatic N) is 2. The van der Waals surface area contributed by atoms with Crippen LogP contribution in [0.3, 0.4) is 0 Å². The number of allylic oxidation sites excluding steroid dienone is 2. The van der Waals surface area contributed by atoms with Crippen molar-refractivity contribution in [2.24, 2.45) is 0 Å². The number of anilines is 2. The van der Waals surface area contributed by atoms with Gasteiger partial charge in [-0.3, -0.25) is 9.59 Å². The summed E-state index contributed by atoms with van der Waals surface area (Å²) < 4.78 is 1.78. The summed E-state index contributed by atoms with van der Waals surface area (Å²) in [5, 5.41) is 12.8. The third-order valence-corrected chi connectivity index (χ3v) is 6.33. The average Bonchev–Trinajstić information content (AvgIpc) is 3.38. The Bertz CT molecular complexity index is 1130. The molecule has 0 unspecified atom stereocenters. The van der Waals surface area contributed by atoms with Crippen LogP contribution in [0.15, 0.2) is 59.2 Å². The number of fused-ring (bicyclic) bond motifs is 1. The number of ketones is 1. The fraction of sp³-hybridized carbons (Fsp3) is 0.227. The van der Waals surface area contributed by atoms with Crippen LogP contribution in [-0.4, -0.2) is 21.5 Å². The molecule has 1 amide bonds. The van der Waals surface area contributed by atoms with Gasteiger partial charge in [0, 0.05) is 28.3 Å². The first-order valence-corrected chi connectivity index (χ1v) is 10.5. The molecule has 2 aliphatic rings. The molecule has 2 N–H and O–H groups in total. The van der Waals surface area contributed by atoms with Crippen molar-refractivity contribution in [1.82, 2.24) is 9.78 Å². The zero-order valence-corrected chi connectivity index (χ0v) is 16.8. The number of rotatable bonds is 3. The van der Waals surface area contributed by atoms with Crippen LogP contribution in [0.1, 0.15) is 46.1 Å². The SMILES string of the molecule is Cc1ccc(NC(=O)c2cnn3c2NC2=C(C(=O)CCC2)[C@H]3c2cccs2)cc1. The molecule has 0 saturated carbocycles. The van der Waals surface area contributed by atoms with E-state index in [-0.39, 0.29) is 17.7 Å². The predicted molar refractivity (Wildman–Crippen MR) is 113 cm³/mol. The average molecular weight is 404 g/mol. The van der Waals surface area contributed by atoms with E-state index in [9.17, 15) is 9.59 Å². The second kappa shape index (κ2) is 7.00. The van der Waals surface area contributed by atoms with Crippen LogP contribution in [0.5, 0.6) is 0 Å². The number of amides is 1. The van der Waals surface area contributed by atoms with Crippen molar-refractivity contribution in [3.05, 3.63) is 75.2 Å². The highest BCUT2D eigenvalue weighted by molar-refractivity contribution is 7.10. The number of Topliss-reactive ketones (excluding diaryl/α,β-unsaturated/α-hetero) is 1. The molecule has 146 valence electrons. The highest BCUT2D eigenvalue weighted by Crippen LogP contribution is 2.42. The Labute approximate surface area is 172 Å². The summed E-state index contributed by atoms with van der Waals surface area (Å²) in [4.78, 5) is 26.7. The Morgan fingerprint density at radius 1 is 1.24 bits per heavy atom. The lowest BCUT2D eigenvalue weighted by molar-refractivity contribution is -0.116. The van der Waals surface area contributed by atoms with Gasteiger partial charge in [-0.1, -0.05) is 23.8 Å². The number of hydrogen-bond donors (Lipinski definition) is 2. The lowest BCUT2D eigenvalue weighted by Crippen LogP contribution is -2.31. The number of benzene rings is 1. The van der Waals surface area contributed by atoms with Gasteiger partial charge in [0.25, 0.3) is 5.91 Å². The van der Waals surface area contributed by atoms with E-state index in [0.29, 0.717) is 17.8 Å². The molecule has 0 bridgehead atoms. The maximum absolute atomic E-state index is 13.0. The van der Waals surface area contributed by atoms with Crippen LogP contribution in [0.25, 0.3) is 0 Å². The van der Waals surface area contributed by atoms with Gasteiger partial charge in [0.05, 0.1) is 6.20 Å². The number of nitrogens with one attached hydrogen (secondary N) is 2. The Morgan fingerprint density at radius 3 is 2.83 bits per heavy atom. The second-order valence-electron chi connectivity index (χ2n) is 7.38. The van der Waals surface area contributed by atoms with Crippen LogP contribution in [-0.2, 0) is 4.79 Å². The number of thiophene rings is 1. The van der Waals surface area contributed by atoms with Crippen LogP contribution in [0, 0.1) is 6.92 Å². The van der Waals surface area contributed by atoms with Crippen LogP contribution in [0.4, 0.5) is 11.5 Å². The molecular weight excluding hydrogens is 384 g/mol. The lowest BCUT2D eigenvalue weighted by Gasteiger charge is -2.32. The molecule has 3 heterocycles. The number of carbonyl (C=O) groups is 2. The highest BCUT2D eigenvalue weighted by Gasteiger charge is 2.37. The number of carbonyl (C=O) groups excluding carboxylic acids is 2. The van der Waals surface area contributed by atoms with Gasteiger partial charge in [-0.25, -0.2) is 4.68 Å². The summed E-state index contributed by atoms with van der Waals surface area (Å²) in [5.41, 5.74) is 4.03. The summed E-state index contributed by atoms with van der Waals surface area (Å²) in [5.74, 6) is 0.573. The van der Waals surface area contributed by atoms with Crippen LogP contribution < -0.4 is 10.6 Å². The van der Waals surface area contributed by atoms with Crippen molar-refractivity contribution < 1.29 is 9.59 Å². The fourth-order valence-corrected chi connectivity index (χ4v) is 4.79. The van der Waals surface area contributed by atoms with E-state index in [2.05, 4.69) is 15.7 Å². The Hall–Kier alpha value is -3.19. The number of aromatic nitrogens is 2. The Kier molecular flexibility index (Phi) is 4.32. The normalized spacial score (nSPS) is 18.1. The number of aryl methyl sites for hydroxylation is 1. The molecule has 1 aromatic carbocycles. The highest BCUT2D eigenvalue weighted by atomic mass is 32.1. The van der Waals surface area contributed by atoms with Crippen molar-refractivity contribution in [3.8, 4) is 0 Å². The molecule has 2 aromatic heterocycles. The molecule has 0 spiro atoms. The zero-order valence-electron chi connectivity index (χ0n) is 15.9. The van der Waals surface area contributed by atoms with Crippen molar-refractivity contribution in [3.63, 3.8) is 0 Å². The second-order valence-corrected chi connectivity index (χ2v) is 8.36. The fourth-order valence-electron chi connectivity index (χ4n) is 3.97. The molecule has 0 fully saturated rings. The minimum atomic E-state index is -0.282. The van der Waals surface area contributed by atoms with E-state index in [0.717, 1.165) is 40.2 Å². The Morgan fingerprint density at radius 2 is 2.07 bits per heavy atom. The van der Waals surface area contributed by atoms with E-state index < -0.39 is 0 Å². The molecule has 6 nitrogen and oxygen atoms in total. The van der Waals surface area contributed by atoms with Crippen molar-refractivity contribution in [2.75, 3.05) is 10.6 Å². The quantitative estimate of drug-likeness (QED) is 0.673. The minimum absolute atomic E-state index is 0.156. The van der Waals surface area contributed by atoms with E-state index >= 15 is 0 Å². The largest absolute Gasteiger partial charge is 0.343 e. The lowest BCUT2D eigenvalue weighted by atomic mass is 9.88. The van der Waals surface area contributed by atoms with Crippen molar-refractivity contribution >= 4 is 34.5 Å². The van der Waals surface area contributed by atoms with Gasteiger partial charge in [-0.05, 0) is 43.3 Å². The molecule has 1 aliphatic heterocycles. The summed E-state index contributed by atoms with van der Waals surface area (Å²) in [7, 11) is 0. The molecule has 1 atom stereocenters. The summed E-state index contributed by atoms with van der Waals surface area (Å²) in [6, 6.07) is 11.4. The van der Waals surface area contributed by atoms with Gasteiger partial charge in [0.2, 0.25) is 0 Å². The molecule has 1 aliphatic carbocycles. The third kappa shape index (κ3) is 3.07. The molecular formula is C22H20N4O2S. The molecule has 3 aromatic rings. The van der Waals surface area contributed by atoms with E-state index in [1.165, 1.54) is 0 Å². The molecule has 7 heteroatoms. The van der Waals surface area contributed by atoms with Crippen LogP contribution >= 0.6 is 11.3 Å². The minimum Gasteiger partial charge on any atom is -0.343 e. The van der Waals surface area contributed by atoms with E-state index in [1.54, 1.807) is 22.2 Å². The first kappa shape index (κ1) is 17.9. The van der Waals surface area contributed by atoms with Gasteiger partial charge in [0.15, 0.2) is 5.78 Å². The van der Waals surface area contributed by atoms with Gasteiger partial charge < -0.3 is 10.6 Å². The Balaban J connectivity index is 1.54. The maximum atomic E-state index is 13.0. The summed E-state index contributed by atoms with van der Waals surface area (Å²) in [6.07, 6.45) is 3.75. The third-order valence-electron chi connectivity index (χ3n) is 5.41.